The summed E-state index contributed by atoms with van der Waals surface area (Å²) in [5, 5.41) is 3.30. The van der Waals surface area contributed by atoms with Gasteiger partial charge in [-0.1, -0.05) is 18.2 Å². The summed E-state index contributed by atoms with van der Waals surface area (Å²) in [5.41, 5.74) is 0.871. The Morgan fingerprint density at radius 1 is 1.35 bits per heavy atom. The van der Waals surface area contributed by atoms with Crippen molar-refractivity contribution in [1.82, 2.24) is 10.2 Å². The number of esters is 1. The Morgan fingerprint density at radius 2 is 2.05 bits per heavy atom. The van der Waals surface area contributed by atoms with E-state index in [0.717, 1.165) is 37.5 Å². The highest BCUT2D eigenvalue weighted by Gasteiger charge is 2.31. The molecule has 0 bridgehead atoms. The largest absolute Gasteiger partial charge is 0.496 e. The molecule has 5 heteroatoms. The molecule has 20 heavy (non-hydrogen) atoms. The molecule has 1 heterocycles. The lowest BCUT2D eigenvalue weighted by molar-refractivity contribution is -0.150. The molecule has 0 aromatic heterocycles. The molecule has 1 aromatic rings. The molecule has 0 saturated carbocycles. The van der Waals surface area contributed by atoms with Gasteiger partial charge in [0.25, 0.3) is 0 Å². The molecule has 2 rings (SSSR count). The predicted octanol–water partition coefficient (Wildman–Crippen LogP) is 1.20. The molecular formula is C15H22N2O3. The number of nitrogens with zero attached hydrogens (tertiary/aromatic N) is 1. The smallest absolute Gasteiger partial charge is 0.328 e. The molecule has 1 aliphatic rings. The second-order valence-corrected chi connectivity index (χ2v) is 4.68. The van der Waals surface area contributed by atoms with E-state index in [1.54, 1.807) is 7.11 Å². The summed E-state index contributed by atoms with van der Waals surface area (Å²) in [6, 6.07) is 7.24. The molecule has 0 radical (unpaired) electrons. The number of carbonyl (C=O) groups excluding carboxylic acids is 1. The van der Waals surface area contributed by atoms with Gasteiger partial charge in [0, 0.05) is 31.7 Å². The highest BCUT2D eigenvalue weighted by Crippen LogP contribution is 2.30. The topological polar surface area (TPSA) is 50.8 Å². The molecular weight excluding hydrogens is 256 g/mol. The molecule has 1 aromatic carbocycles. The van der Waals surface area contributed by atoms with Gasteiger partial charge in [0.15, 0.2) is 0 Å². The standard InChI is InChI=1S/C15H22N2O3/c1-3-20-15(18)14(17-10-8-16-9-11-17)12-6-4-5-7-13(12)19-2/h4-7,14,16H,3,8-11H2,1-2H3. The minimum atomic E-state index is -0.395. The number of ether oxygens (including phenoxy) is 2. The van der Waals surface area contributed by atoms with E-state index in [1.807, 2.05) is 31.2 Å². The first-order valence-corrected chi connectivity index (χ1v) is 7.02. The van der Waals surface area contributed by atoms with E-state index < -0.39 is 6.04 Å². The lowest BCUT2D eigenvalue weighted by atomic mass is 10.0. The van der Waals surface area contributed by atoms with Crippen molar-refractivity contribution < 1.29 is 14.3 Å². The monoisotopic (exact) mass is 278 g/mol. The minimum Gasteiger partial charge on any atom is -0.496 e. The quantitative estimate of drug-likeness (QED) is 0.820. The molecule has 1 fully saturated rings. The van der Waals surface area contributed by atoms with Crippen molar-refractivity contribution in [2.45, 2.75) is 13.0 Å². The Kier molecular flexibility index (Phi) is 5.38. The number of benzene rings is 1. The summed E-state index contributed by atoms with van der Waals surface area (Å²) in [4.78, 5) is 14.5. The molecule has 1 unspecified atom stereocenters. The van der Waals surface area contributed by atoms with Crippen molar-refractivity contribution in [1.29, 1.82) is 0 Å². The summed E-state index contributed by atoms with van der Waals surface area (Å²) in [6.45, 7) is 5.62. The highest BCUT2D eigenvalue weighted by molar-refractivity contribution is 5.78. The Bertz CT molecular complexity index is 444. The van der Waals surface area contributed by atoms with Crippen LogP contribution in [-0.2, 0) is 9.53 Å². The number of para-hydroxylation sites is 1. The first-order valence-electron chi connectivity index (χ1n) is 7.02. The average Bonchev–Trinajstić information content (AvgIpc) is 2.49. The summed E-state index contributed by atoms with van der Waals surface area (Å²) < 4.78 is 10.6. The van der Waals surface area contributed by atoms with Crippen molar-refractivity contribution in [3.05, 3.63) is 29.8 Å². The van der Waals surface area contributed by atoms with Crippen LogP contribution in [0.5, 0.6) is 5.75 Å². The van der Waals surface area contributed by atoms with Crippen molar-refractivity contribution in [3.63, 3.8) is 0 Å². The number of rotatable bonds is 5. The molecule has 1 N–H and O–H groups in total. The van der Waals surface area contributed by atoms with Crippen LogP contribution in [0.15, 0.2) is 24.3 Å². The van der Waals surface area contributed by atoms with Crippen molar-refractivity contribution in [2.75, 3.05) is 39.9 Å². The fraction of sp³-hybridized carbons (Fsp3) is 0.533. The molecule has 0 amide bonds. The van der Waals surface area contributed by atoms with E-state index >= 15 is 0 Å². The minimum absolute atomic E-state index is 0.209. The van der Waals surface area contributed by atoms with Gasteiger partial charge in [-0.05, 0) is 13.0 Å². The van der Waals surface area contributed by atoms with Crippen LogP contribution in [0.2, 0.25) is 0 Å². The molecule has 5 nitrogen and oxygen atoms in total. The molecule has 1 saturated heterocycles. The summed E-state index contributed by atoms with van der Waals surface area (Å²) >= 11 is 0. The van der Waals surface area contributed by atoms with E-state index in [2.05, 4.69) is 10.2 Å². The molecule has 110 valence electrons. The summed E-state index contributed by atoms with van der Waals surface area (Å²) in [5.74, 6) is 0.517. The second kappa shape index (κ2) is 7.26. The van der Waals surface area contributed by atoms with Gasteiger partial charge >= 0.3 is 5.97 Å². The Morgan fingerprint density at radius 3 is 2.70 bits per heavy atom. The summed E-state index contributed by atoms with van der Waals surface area (Å²) in [6.07, 6.45) is 0. The number of hydrogen-bond acceptors (Lipinski definition) is 5. The highest BCUT2D eigenvalue weighted by atomic mass is 16.5. The van der Waals surface area contributed by atoms with E-state index in [-0.39, 0.29) is 5.97 Å². The lowest BCUT2D eigenvalue weighted by Crippen LogP contribution is -2.47. The predicted molar refractivity (Wildman–Crippen MR) is 76.8 cm³/mol. The van der Waals surface area contributed by atoms with Gasteiger partial charge in [-0.3, -0.25) is 4.90 Å². The zero-order chi connectivity index (χ0) is 14.4. The van der Waals surface area contributed by atoms with Crippen molar-refractivity contribution in [2.24, 2.45) is 0 Å². The van der Waals surface area contributed by atoms with Crippen molar-refractivity contribution in [3.8, 4) is 5.75 Å². The van der Waals surface area contributed by atoms with Gasteiger partial charge in [0.2, 0.25) is 0 Å². The number of methoxy groups -OCH3 is 1. The van der Waals surface area contributed by atoms with Gasteiger partial charge in [-0.15, -0.1) is 0 Å². The number of nitrogens with one attached hydrogen (secondary N) is 1. The lowest BCUT2D eigenvalue weighted by Gasteiger charge is -2.34. The first-order chi connectivity index (χ1) is 9.77. The number of piperazine rings is 1. The van der Waals surface area contributed by atoms with Crippen LogP contribution < -0.4 is 10.1 Å². The van der Waals surface area contributed by atoms with E-state index in [9.17, 15) is 4.79 Å². The van der Waals surface area contributed by atoms with Gasteiger partial charge in [0.05, 0.1) is 13.7 Å². The Hall–Kier alpha value is -1.59. The molecule has 1 atom stereocenters. The van der Waals surface area contributed by atoms with Gasteiger partial charge in [0.1, 0.15) is 11.8 Å². The zero-order valence-electron chi connectivity index (χ0n) is 12.1. The van der Waals surface area contributed by atoms with E-state index in [4.69, 9.17) is 9.47 Å². The summed E-state index contributed by atoms with van der Waals surface area (Å²) in [7, 11) is 1.62. The molecule has 0 aliphatic carbocycles. The fourth-order valence-corrected chi connectivity index (χ4v) is 2.53. The van der Waals surface area contributed by atoms with Crippen LogP contribution in [0.1, 0.15) is 18.5 Å². The van der Waals surface area contributed by atoms with Crippen LogP contribution in [0, 0.1) is 0 Å². The van der Waals surface area contributed by atoms with Gasteiger partial charge in [-0.2, -0.15) is 0 Å². The zero-order valence-corrected chi connectivity index (χ0v) is 12.1. The van der Waals surface area contributed by atoms with Crippen LogP contribution >= 0.6 is 0 Å². The maximum Gasteiger partial charge on any atom is 0.328 e. The molecule has 0 spiro atoms. The average molecular weight is 278 g/mol. The maximum atomic E-state index is 12.4. The Balaban J connectivity index is 2.31. The first kappa shape index (κ1) is 14.8. The third kappa shape index (κ3) is 3.29. The Labute approximate surface area is 119 Å². The number of carbonyl (C=O) groups is 1. The van der Waals surface area contributed by atoms with Gasteiger partial charge in [-0.25, -0.2) is 4.79 Å². The third-order valence-corrected chi connectivity index (χ3v) is 3.46. The van der Waals surface area contributed by atoms with E-state index in [1.165, 1.54) is 0 Å². The third-order valence-electron chi connectivity index (χ3n) is 3.46. The normalized spacial score (nSPS) is 17.5. The van der Waals surface area contributed by atoms with E-state index in [0.29, 0.717) is 6.61 Å². The van der Waals surface area contributed by atoms with Crippen LogP contribution in [-0.4, -0.2) is 50.8 Å². The van der Waals surface area contributed by atoms with Crippen LogP contribution in [0.4, 0.5) is 0 Å². The maximum absolute atomic E-state index is 12.4. The van der Waals surface area contributed by atoms with Crippen LogP contribution in [0.25, 0.3) is 0 Å². The number of hydrogen-bond donors (Lipinski definition) is 1. The second-order valence-electron chi connectivity index (χ2n) is 4.68. The fourth-order valence-electron chi connectivity index (χ4n) is 2.53. The molecule has 1 aliphatic heterocycles. The van der Waals surface area contributed by atoms with Gasteiger partial charge < -0.3 is 14.8 Å². The van der Waals surface area contributed by atoms with Crippen LogP contribution in [0.3, 0.4) is 0 Å². The van der Waals surface area contributed by atoms with Crippen molar-refractivity contribution >= 4 is 5.97 Å². The SMILES string of the molecule is CCOC(=O)C(c1ccccc1OC)N1CCNCC1.